The molecule has 0 radical (unpaired) electrons. The average molecular weight is 226 g/mol. The number of hydrogen-bond donors (Lipinski definition) is 0. The Labute approximate surface area is 100 Å². The number of allylic oxidation sites excluding steroid dienone is 1. The first-order chi connectivity index (χ1) is 7.63. The summed E-state index contributed by atoms with van der Waals surface area (Å²) in [6.45, 7) is 12.1. The first kappa shape index (κ1) is 15.4. The maximum atomic E-state index is 5.41. The van der Waals surface area contributed by atoms with E-state index in [1.165, 1.54) is 6.42 Å². The molecule has 0 aromatic carbocycles. The number of rotatable bonds is 10. The minimum atomic E-state index is 0.320. The molecule has 0 fully saturated rings. The van der Waals surface area contributed by atoms with E-state index in [-0.39, 0.29) is 0 Å². The summed E-state index contributed by atoms with van der Waals surface area (Å²) >= 11 is 0. The van der Waals surface area contributed by atoms with Gasteiger partial charge in [-0.25, -0.2) is 0 Å². The van der Waals surface area contributed by atoms with Crippen LogP contribution < -0.4 is 0 Å². The molecule has 2 nitrogen and oxygen atoms in total. The lowest BCUT2D eigenvalue weighted by Crippen LogP contribution is -2.01. The smallest absolute Gasteiger partial charge is 0.0671 e. The highest BCUT2D eigenvalue weighted by molar-refractivity contribution is 4.87. The summed E-state index contributed by atoms with van der Waals surface area (Å²) in [4.78, 5) is 0. The van der Waals surface area contributed by atoms with E-state index in [9.17, 15) is 0 Å². The highest BCUT2D eigenvalue weighted by Gasteiger charge is 1.90. The van der Waals surface area contributed by atoms with Crippen LogP contribution >= 0.6 is 0 Å². The maximum absolute atomic E-state index is 5.41. The van der Waals surface area contributed by atoms with Crippen molar-refractivity contribution < 1.29 is 9.47 Å². The molecule has 0 N–H and O–H groups in total. The molecule has 2 heteroatoms. The van der Waals surface area contributed by atoms with Gasteiger partial charge in [-0.3, -0.25) is 0 Å². The zero-order valence-corrected chi connectivity index (χ0v) is 11.0. The van der Waals surface area contributed by atoms with Crippen LogP contribution in [0.25, 0.3) is 0 Å². The van der Waals surface area contributed by atoms with Crippen molar-refractivity contribution in [2.24, 2.45) is 0 Å². The molecule has 0 saturated heterocycles. The first-order valence-electron chi connectivity index (χ1n) is 6.11. The van der Waals surface area contributed by atoms with Gasteiger partial charge in [-0.1, -0.05) is 24.3 Å². The molecule has 0 saturated carbocycles. The lowest BCUT2D eigenvalue weighted by atomic mass is 10.2. The Hall–Kier alpha value is -0.600. The molecular weight excluding hydrogens is 200 g/mol. The second-order valence-corrected chi connectivity index (χ2v) is 4.36. The maximum Gasteiger partial charge on any atom is 0.0671 e. The predicted octanol–water partition coefficient (Wildman–Crippen LogP) is 3.73. The molecule has 0 bridgehead atoms. The van der Waals surface area contributed by atoms with E-state index in [0.29, 0.717) is 12.7 Å². The van der Waals surface area contributed by atoms with Crippen molar-refractivity contribution in [1.82, 2.24) is 0 Å². The fraction of sp³-hybridized carbons (Fsp3) is 0.714. The molecule has 0 heterocycles. The van der Waals surface area contributed by atoms with Gasteiger partial charge >= 0.3 is 0 Å². The first-order valence-corrected chi connectivity index (χ1v) is 6.11. The molecule has 94 valence electrons. The quantitative estimate of drug-likeness (QED) is 0.417. The topological polar surface area (TPSA) is 18.5 Å². The van der Waals surface area contributed by atoms with Crippen LogP contribution in [0.2, 0.25) is 0 Å². The van der Waals surface area contributed by atoms with Crippen molar-refractivity contribution in [2.45, 2.75) is 46.1 Å². The van der Waals surface area contributed by atoms with Gasteiger partial charge in [0.2, 0.25) is 0 Å². The van der Waals surface area contributed by atoms with Gasteiger partial charge in [-0.2, -0.15) is 0 Å². The van der Waals surface area contributed by atoms with Gasteiger partial charge in [0.15, 0.2) is 0 Å². The molecule has 0 aromatic heterocycles. The molecule has 0 amide bonds. The number of ether oxygens (including phenoxy) is 2. The molecule has 0 aliphatic heterocycles. The molecule has 0 aliphatic carbocycles. The monoisotopic (exact) mass is 226 g/mol. The third-order valence-electron chi connectivity index (χ3n) is 1.95. The lowest BCUT2D eigenvalue weighted by Gasteiger charge is -2.03. The van der Waals surface area contributed by atoms with E-state index >= 15 is 0 Å². The van der Waals surface area contributed by atoms with Crippen LogP contribution in [0.1, 0.15) is 40.0 Å². The Morgan fingerprint density at radius 3 is 2.62 bits per heavy atom. The highest BCUT2D eigenvalue weighted by atomic mass is 16.5. The number of unbranched alkanes of at least 4 members (excludes halogenated alkanes) is 2. The molecule has 0 rings (SSSR count). The van der Waals surface area contributed by atoms with Crippen LogP contribution in [-0.2, 0) is 9.47 Å². The standard InChI is InChI=1S/C14H26O2/c1-13(2)12-15-10-8-6-5-7-9-11-16-14(3)4/h7,9,14H,1,5-6,8,10-12H2,2-4H3/b9-7+. The van der Waals surface area contributed by atoms with E-state index in [4.69, 9.17) is 9.47 Å². The van der Waals surface area contributed by atoms with Crippen LogP contribution in [0.3, 0.4) is 0 Å². The van der Waals surface area contributed by atoms with Gasteiger partial charge in [0.05, 0.1) is 19.3 Å². The summed E-state index contributed by atoms with van der Waals surface area (Å²) in [6.07, 6.45) is 7.99. The zero-order chi connectivity index (χ0) is 12.2. The molecule has 0 aliphatic rings. The Morgan fingerprint density at radius 2 is 2.00 bits per heavy atom. The molecular formula is C14H26O2. The second kappa shape index (κ2) is 10.9. The molecule has 0 atom stereocenters. The Morgan fingerprint density at radius 1 is 1.25 bits per heavy atom. The highest BCUT2D eigenvalue weighted by Crippen LogP contribution is 1.99. The fourth-order valence-electron chi connectivity index (χ4n) is 1.15. The van der Waals surface area contributed by atoms with Crippen molar-refractivity contribution in [3.8, 4) is 0 Å². The summed E-state index contributed by atoms with van der Waals surface area (Å²) < 4.78 is 10.8. The summed E-state index contributed by atoms with van der Waals surface area (Å²) in [6, 6.07) is 0. The predicted molar refractivity (Wildman–Crippen MR) is 69.7 cm³/mol. The van der Waals surface area contributed by atoms with Gasteiger partial charge in [0.1, 0.15) is 0 Å². The van der Waals surface area contributed by atoms with E-state index in [0.717, 1.165) is 31.6 Å². The van der Waals surface area contributed by atoms with Crippen molar-refractivity contribution in [3.63, 3.8) is 0 Å². The molecule has 0 aromatic rings. The molecule has 0 unspecified atom stereocenters. The van der Waals surface area contributed by atoms with Gasteiger partial charge in [-0.05, 0) is 40.0 Å². The normalized spacial score (nSPS) is 11.5. The van der Waals surface area contributed by atoms with Gasteiger partial charge < -0.3 is 9.47 Å². The van der Waals surface area contributed by atoms with Crippen LogP contribution in [0.15, 0.2) is 24.3 Å². The third kappa shape index (κ3) is 13.4. The van der Waals surface area contributed by atoms with Crippen molar-refractivity contribution in [3.05, 3.63) is 24.3 Å². The van der Waals surface area contributed by atoms with E-state index in [1.54, 1.807) is 0 Å². The van der Waals surface area contributed by atoms with E-state index < -0.39 is 0 Å². The third-order valence-corrected chi connectivity index (χ3v) is 1.95. The van der Waals surface area contributed by atoms with Crippen molar-refractivity contribution >= 4 is 0 Å². The van der Waals surface area contributed by atoms with Crippen molar-refractivity contribution in [1.29, 1.82) is 0 Å². The van der Waals surface area contributed by atoms with Gasteiger partial charge in [0, 0.05) is 6.61 Å². The number of hydrogen-bond acceptors (Lipinski definition) is 2. The van der Waals surface area contributed by atoms with Crippen LogP contribution in [-0.4, -0.2) is 25.9 Å². The van der Waals surface area contributed by atoms with Crippen LogP contribution in [0, 0.1) is 0 Å². The molecule has 0 spiro atoms. The minimum Gasteiger partial charge on any atom is -0.377 e. The van der Waals surface area contributed by atoms with Crippen LogP contribution in [0.5, 0.6) is 0 Å². The SMILES string of the molecule is C=C(C)COCCCC/C=C/COC(C)C. The summed E-state index contributed by atoms with van der Waals surface area (Å²) in [5.74, 6) is 0. The minimum absolute atomic E-state index is 0.320. The summed E-state index contributed by atoms with van der Waals surface area (Å²) in [7, 11) is 0. The molecule has 16 heavy (non-hydrogen) atoms. The Bertz CT molecular complexity index is 195. The summed E-state index contributed by atoms with van der Waals surface area (Å²) in [5, 5.41) is 0. The van der Waals surface area contributed by atoms with E-state index in [1.807, 2.05) is 20.8 Å². The zero-order valence-electron chi connectivity index (χ0n) is 11.0. The Balaban J connectivity index is 3.11. The second-order valence-electron chi connectivity index (χ2n) is 4.36. The Kier molecular flexibility index (Phi) is 10.5. The van der Waals surface area contributed by atoms with Gasteiger partial charge in [-0.15, -0.1) is 0 Å². The largest absolute Gasteiger partial charge is 0.377 e. The van der Waals surface area contributed by atoms with Crippen LogP contribution in [0.4, 0.5) is 0 Å². The summed E-state index contributed by atoms with van der Waals surface area (Å²) in [5.41, 5.74) is 1.09. The lowest BCUT2D eigenvalue weighted by molar-refractivity contribution is 0.102. The van der Waals surface area contributed by atoms with Gasteiger partial charge in [0.25, 0.3) is 0 Å². The fourth-order valence-corrected chi connectivity index (χ4v) is 1.15. The van der Waals surface area contributed by atoms with E-state index in [2.05, 4.69) is 18.7 Å². The average Bonchev–Trinajstić information content (AvgIpc) is 2.20. The van der Waals surface area contributed by atoms with Crippen molar-refractivity contribution in [2.75, 3.05) is 19.8 Å².